The van der Waals surface area contributed by atoms with Gasteiger partial charge in [-0.15, -0.1) is 0 Å². The molecule has 4 nitrogen and oxygen atoms in total. The molecule has 0 N–H and O–H groups in total. The topological polar surface area (TPSA) is 26.8 Å². The minimum atomic E-state index is 0.189. The van der Waals surface area contributed by atoms with Gasteiger partial charge in [0.1, 0.15) is 0 Å². The maximum Gasteiger partial charge on any atom is 0.253 e. The molecule has 1 aromatic carbocycles. The summed E-state index contributed by atoms with van der Waals surface area (Å²) < 4.78 is 0. The van der Waals surface area contributed by atoms with Crippen LogP contribution < -0.4 is 0 Å². The van der Waals surface area contributed by atoms with Crippen LogP contribution in [0, 0.1) is 0 Å². The number of hydrogen-bond donors (Lipinski definition) is 0. The summed E-state index contributed by atoms with van der Waals surface area (Å²) in [6.07, 6.45) is 2.62. The highest BCUT2D eigenvalue weighted by molar-refractivity contribution is 7.99. The third kappa shape index (κ3) is 4.52. The van der Waals surface area contributed by atoms with E-state index in [-0.39, 0.29) is 5.91 Å². The molecule has 0 bridgehead atoms. The van der Waals surface area contributed by atoms with Crippen molar-refractivity contribution in [2.75, 3.05) is 51.8 Å². The molecule has 2 heterocycles. The molecule has 0 unspecified atom stereocenters. The number of hydrogen-bond acceptors (Lipinski definition) is 4. The minimum absolute atomic E-state index is 0.189. The summed E-state index contributed by atoms with van der Waals surface area (Å²) in [5, 5.41) is 0. The Labute approximate surface area is 150 Å². The molecule has 0 spiro atoms. The Bertz CT molecular complexity index is 549. The molecule has 2 saturated heterocycles. The molecule has 132 valence electrons. The fourth-order valence-electron chi connectivity index (χ4n) is 3.69. The highest BCUT2D eigenvalue weighted by Gasteiger charge is 2.27. The van der Waals surface area contributed by atoms with Crippen molar-refractivity contribution in [1.29, 1.82) is 0 Å². The number of nitrogens with zero attached hydrogens (tertiary/aromatic N) is 3. The van der Waals surface area contributed by atoms with Crippen LogP contribution in [0.2, 0.25) is 0 Å². The highest BCUT2D eigenvalue weighted by atomic mass is 32.2. The first-order valence-electron chi connectivity index (χ1n) is 8.98. The first kappa shape index (κ1) is 17.8. The molecular formula is C19H29N3OS. The van der Waals surface area contributed by atoms with Gasteiger partial charge in [-0.25, -0.2) is 0 Å². The Balaban J connectivity index is 1.56. The molecule has 0 atom stereocenters. The monoisotopic (exact) mass is 347 g/mol. The van der Waals surface area contributed by atoms with Crippen LogP contribution in [0.3, 0.4) is 0 Å². The molecule has 1 amide bonds. The third-order valence-electron chi connectivity index (χ3n) is 4.98. The summed E-state index contributed by atoms with van der Waals surface area (Å²) in [6.45, 7) is 4.65. The molecule has 5 heteroatoms. The van der Waals surface area contributed by atoms with E-state index in [0.29, 0.717) is 0 Å². The molecule has 0 aliphatic carbocycles. The zero-order chi connectivity index (χ0) is 16.9. The largest absolute Gasteiger partial charge is 0.336 e. The van der Waals surface area contributed by atoms with Crippen molar-refractivity contribution < 1.29 is 4.79 Å². The first-order valence-corrected chi connectivity index (χ1v) is 10.1. The zero-order valence-corrected chi connectivity index (χ0v) is 15.7. The molecule has 2 aliphatic heterocycles. The van der Waals surface area contributed by atoms with Gasteiger partial charge in [0, 0.05) is 44.3 Å². The molecule has 1 aromatic rings. The Morgan fingerprint density at radius 3 is 2.54 bits per heavy atom. The molecule has 0 radical (unpaired) electrons. The average molecular weight is 348 g/mol. The van der Waals surface area contributed by atoms with Gasteiger partial charge >= 0.3 is 0 Å². The van der Waals surface area contributed by atoms with Crippen molar-refractivity contribution in [2.24, 2.45) is 0 Å². The Morgan fingerprint density at radius 1 is 1.17 bits per heavy atom. The van der Waals surface area contributed by atoms with Crippen molar-refractivity contribution >= 4 is 17.7 Å². The van der Waals surface area contributed by atoms with E-state index in [4.69, 9.17) is 0 Å². The zero-order valence-electron chi connectivity index (χ0n) is 14.9. The van der Waals surface area contributed by atoms with Crippen molar-refractivity contribution in [3.63, 3.8) is 0 Å². The van der Waals surface area contributed by atoms with Crippen LogP contribution in [0.15, 0.2) is 24.3 Å². The van der Waals surface area contributed by atoms with Crippen molar-refractivity contribution in [1.82, 2.24) is 14.7 Å². The number of carbonyl (C=O) groups excluding carboxylic acids is 1. The van der Waals surface area contributed by atoms with Gasteiger partial charge in [0.2, 0.25) is 0 Å². The summed E-state index contributed by atoms with van der Waals surface area (Å²) in [7, 11) is 4.11. The number of thioether (sulfide) groups is 1. The van der Waals surface area contributed by atoms with Gasteiger partial charge < -0.3 is 9.80 Å². The maximum atomic E-state index is 12.8. The van der Waals surface area contributed by atoms with E-state index in [9.17, 15) is 4.79 Å². The molecule has 2 fully saturated rings. The smallest absolute Gasteiger partial charge is 0.253 e. The van der Waals surface area contributed by atoms with Crippen LogP contribution in [0.4, 0.5) is 0 Å². The number of rotatable bonds is 4. The van der Waals surface area contributed by atoms with Crippen LogP contribution in [-0.4, -0.2) is 78.4 Å². The van der Waals surface area contributed by atoms with Crippen molar-refractivity contribution in [3.8, 4) is 0 Å². The van der Waals surface area contributed by atoms with Crippen LogP contribution in [-0.2, 0) is 6.54 Å². The van der Waals surface area contributed by atoms with E-state index in [1.54, 1.807) is 0 Å². The van der Waals surface area contributed by atoms with Gasteiger partial charge in [-0.3, -0.25) is 9.69 Å². The van der Waals surface area contributed by atoms with Crippen molar-refractivity contribution in [3.05, 3.63) is 35.4 Å². The summed E-state index contributed by atoms with van der Waals surface area (Å²) in [5.41, 5.74) is 2.03. The number of benzene rings is 1. The van der Waals surface area contributed by atoms with E-state index in [2.05, 4.69) is 41.7 Å². The second-order valence-corrected chi connectivity index (χ2v) is 8.33. The van der Waals surface area contributed by atoms with E-state index >= 15 is 0 Å². The highest BCUT2D eigenvalue weighted by Crippen LogP contribution is 2.23. The Hall–Kier alpha value is -1.04. The van der Waals surface area contributed by atoms with E-state index in [0.717, 1.165) is 44.3 Å². The molecule has 0 aromatic heterocycles. The van der Waals surface area contributed by atoms with Crippen LogP contribution in [0.25, 0.3) is 0 Å². The summed E-state index contributed by atoms with van der Waals surface area (Å²) in [4.78, 5) is 19.6. The second-order valence-electron chi connectivity index (χ2n) is 7.11. The standard InChI is InChI=1S/C19H29N3OS/c1-20(2)15-16-4-3-5-17(14-16)19(23)22-10-8-21(9-11-22)18-6-12-24-13-7-18/h3-5,14,18H,6-13,15H2,1-2H3. The molecular weight excluding hydrogens is 318 g/mol. The van der Waals surface area contributed by atoms with E-state index < -0.39 is 0 Å². The summed E-state index contributed by atoms with van der Waals surface area (Å²) >= 11 is 2.08. The predicted molar refractivity (Wildman–Crippen MR) is 102 cm³/mol. The summed E-state index contributed by atoms with van der Waals surface area (Å²) in [5.74, 6) is 2.78. The van der Waals surface area contributed by atoms with Crippen LogP contribution in [0.1, 0.15) is 28.8 Å². The van der Waals surface area contributed by atoms with Gasteiger partial charge in [-0.2, -0.15) is 11.8 Å². The van der Waals surface area contributed by atoms with Crippen LogP contribution >= 0.6 is 11.8 Å². The Kier molecular flexibility index (Phi) is 6.19. The average Bonchev–Trinajstić information content (AvgIpc) is 2.62. The molecule has 0 saturated carbocycles. The quantitative estimate of drug-likeness (QED) is 0.836. The minimum Gasteiger partial charge on any atom is -0.336 e. The van der Waals surface area contributed by atoms with Gasteiger partial charge in [-0.05, 0) is 56.1 Å². The fraction of sp³-hybridized carbons (Fsp3) is 0.632. The lowest BCUT2D eigenvalue weighted by Crippen LogP contribution is -2.52. The Morgan fingerprint density at radius 2 is 1.88 bits per heavy atom. The number of carbonyl (C=O) groups is 1. The SMILES string of the molecule is CN(C)Cc1cccc(C(=O)N2CCN(C3CCSCC3)CC2)c1. The third-order valence-corrected chi connectivity index (χ3v) is 6.03. The maximum absolute atomic E-state index is 12.8. The number of amides is 1. The van der Waals surface area contributed by atoms with E-state index in [1.165, 1.54) is 29.9 Å². The lowest BCUT2D eigenvalue weighted by atomic mass is 10.1. The first-order chi connectivity index (χ1) is 11.6. The van der Waals surface area contributed by atoms with Gasteiger partial charge in [0.25, 0.3) is 5.91 Å². The molecule has 24 heavy (non-hydrogen) atoms. The molecule has 3 rings (SSSR count). The number of piperazine rings is 1. The normalized spacial score (nSPS) is 20.5. The summed E-state index contributed by atoms with van der Waals surface area (Å²) in [6, 6.07) is 8.84. The van der Waals surface area contributed by atoms with E-state index in [1.807, 2.05) is 23.1 Å². The van der Waals surface area contributed by atoms with Crippen molar-refractivity contribution in [2.45, 2.75) is 25.4 Å². The lowest BCUT2D eigenvalue weighted by Gasteiger charge is -2.40. The van der Waals surface area contributed by atoms with Gasteiger partial charge in [0.15, 0.2) is 0 Å². The second kappa shape index (κ2) is 8.37. The van der Waals surface area contributed by atoms with Gasteiger partial charge in [-0.1, -0.05) is 12.1 Å². The van der Waals surface area contributed by atoms with Gasteiger partial charge in [0.05, 0.1) is 0 Å². The lowest BCUT2D eigenvalue weighted by molar-refractivity contribution is 0.0559. The predicted octanol–water partition coefficient (Wildman–Crippen LogP) is 2.40. The van der Waals surface area contributed by atoms with Crippen LogP contribution in [0.5, 0.6) is 0 Å². The fourth-order valence-corrected chi connectivity index (χ4v) is 4.77. The molecule has 2 aliphatic rings.